The van der Waals surface area contributed by atoms with Gasteiger partial charge in [-0.25, -0.2) is 0 Å². The Morgan fingerprint density at radius 2 is 1.79 bits per heavy atom. The van der Waals surface area contributed by atoms with Crippen molar-refractivity contribution in [3.05, 3.63) is 20.2 Å². The van der Waals surface area contributed by atoms with Gasteiger partial charge in [0.15, 0.2) is 0 Å². The van der Waals surface area contributed by atoms with Crippen molar-refractivity contribution in [1.29, 1.82) is 0 Å². The predicted octanol–water partition coefficient (Wildman–Crippen LogP) is -0.419. The molecule has 1 heterocycles. The molecule has 10 nitrogen and oxygen atoms in total. The second-order valence-corrected chi connectivity index (χ2v) is 2.09. The van der Waals surface area contributed by atoms with Crippen molar-refractivity contribution in [2.75, 3.05) is 5.73 Å². The molecule has 3 N–H and O–H groups in total. The van der Waals surface area contributed by atoms with E-state index in [0.717, 1.165) is 0 Å². The largest absolute Gasteiger partial charge is 0.488 e. The number of hydrogen-bond donors (Lipinski definition) is 2. The van der Waals surface area contributed by atoms with Gasteiger partial charge < -0.3 is 21.0 Å². The van der Waals surface area contributed by atoms with Crippen molar-refractivity contribution in [1.82, 2.24) is 9.97 Å². The lowest BCUT2D eigenvalue weighted by molar-refractivity contribution is -0.426. The maximum atomic E-state index is 10.3. The van der Waals surface area contributed by atoms with Crippen molar-refractivity contribution in [3.8, 4) is 5.88 Å². The first-order chi connectivity index (χ1) is 6.43. The molecule has 0 aliphatic heterocycles. The quantitative estimate of drug-likeness (QED) is 0.481. The van der Waals surface area contributed by atoms with Crippen LogP contribution in [0.2, 0.25) is 0 Å². The normalized spacial score (nSPS) is 9.71. The number of nitrogens with two attached hydrogens (primary N) is 1. The van der Waals surface area contributed by atoms with Gasteiger partial charge >= 0.3 is 23.3 Å². The maximum absolute atomic E-state index is 10.3. The van der Waals surface area contributed by atoms with E-state index in [-0.39, 0.29) is 0 Å². The van der Waals surface area contributed by atoms with Crippen LogP contribution in [0, 0.1) is 20.2 Å². The van der Waals surface area contributed by atoms with E-state index in [0.29, 0.717) is 0 Å². The van der Waals surface area contributed by atoms with E-state index in [9.17, 15) is 20.2 Å². The van der Waals surface area contributed by atoms with Gasteiger partial charge in [-0.15, -0.1) is 4.98 Å². The number of hydrogen-bond acceptors (Lipinski definition) is 8. The molecule has 0 fully saturated rings. The summed E-state index contributed by atoms with van der Waals surface area (Å²) in [5.41, 5.74) is 3.78. The maximum Gasteiger partial charge on any atom is 0.452 e. The number of aromatic nitrogens is 2. The Kier molecular flexibility index (Phi) is 2.11. The molecule has 0 atom stereocenters. The van der Waals surface area contributed by atoms with E-state index in [2.05, 4.69) is 9.97 Å². The van der Waals surface area contributed by atoms with Crippen LogP contribution in [-0.4, -0.2) is 24.9 Å². The van der Waals surface area contributed by atoms with Crippen LogP contribution in [0.4, 0.5) is 17.5 Å². The first kappa shape index (κ1) is 9.57. The van der Waals surface area contributed by atoms with E-state index in [1.807, 2.05) is 0 Å². The van der Waals surface area contributed by atoms with Crippen LogP contribution in [0.1, 0.15) is 0 Å². The Morgan fingerprint density at radius 3 is 2.21 bits per heavy atom. The fourth-order valence-electron chi connectivity index (χ4n) is 0.739. The first-order valence-corrected chi connectivity index (χ1v) is 3.08. The minimum Gasteiger partial charge on any atom is -0.488 e. The molecule has 14 heavy (non-hydrogen) atoms. The molecule has 0 radical (unpaired) electrons. The van der Waals surface area contributed by atoms with Gasteiger partial charge in [0.1, 0.15) is 0 Å². The van der Waals surface area contributed by atoms with E-state index in [1.54, 1.807) is 0 Å². The standard InChI is InChI=1S/C4H3N5O5/c5-4-6-2(9(13)14)1(8(11)12)3(10)7-4/h(H3,5,6,7,10). The van der Waals surface area contributed by atoms with Gasteiger partial charge in [0.25, 0.3) is 0 Å². The molecule has 0 aliphatic carbocycles. The summed E-state index contributed by atoms with van der Waals surface area (Å²) >= 11 is 0. The number of aromatic hydroxyl groups is 1. The topological polar surface area (TPSA) is 158 Å². The first-order valence-electron chi connectivity index (χ1n) is 3.08. The highest BCUT2D eigenvalue weighted by Crippen LogP contribution is 2.32. The van der Waals surface area contributed by atoms with Crippen molar-refractivity contribution in [2.24, 2.45) is 0 Å². The Morgan fingerprint density at radius 1 is 1.21 bits per heavy atom. The zero-order valence-electron chi connectivity index (χ0n) is 6.45. The van der Waals surface area contributed by atoms with E-state index < -0.39 is 33.2 Å². The Hall–Kier alpha value is -2.52. The summed E-state index contributed by atoms with van der Waals surface area (Å²) in [5.74, 6) is -2.88. The van der Waals surface area contributed by atoms with Gasteiger partial charge in [0.2, 0.25) is 0 Å². The second kappa shape index (κ2) is 3.08. The van der Waals surface area contributed by atoms with Crippen molar-refractivity contribution >= 4 is 17.5 Å². The average molecular weight is 201 g/mol. The van der Waals surface area contributed by atoms with Crippen LogP contribution in [0.5, 0.6) is 5.88 Å². The number of nitro groups is 2. The molecule has 1 aromatic heterocycles. The van der Waals surface area contributed by atoms with Crippen molar-refractivity contribution < 1.29 is 15.0 Å². The lowest BCUT2D eigenvalue weighted by Gasteiger charge is -1.96. The van der Waals surface area contributed by atoms with Crippen LogP contribution >= 0.6 is 0 Å². The summed E-state index contributed by atoms with van der Waals surface area (Å²) in [6, 6.07) is 0. The minimum atomic E-state index is -1.18. The molecule has 1 rings (SSSR count). The third kappa shape index (κ3) is 1.48. The summed E-state index contributed by atoms with van der Waals surface area (Å²) in [6.45, 7) is 0. The average Bonchev–Trinajstić information content (AvgIpc) is 2.01. The molecule has 0 saturated heterocycles. The molecule has 0 saturated carbocycles. The fourth-order valence-corrected chi connectivity index (χ4v) is 0.739. The Labute approximate surface area is 75.3 Å². The van der Waals surface area contributed by atoms with Crippen LogP contribution in [-0.2, 0) is 0 Å². The van der Waals surface area contributed by atoms with Gasteiger partial charge in [-0.3, -0.25) is 10.1 Å². The van der Waals surface area contributed by atoms with E-state index >= 15 is 0 Å². The second-order valence-electron chi connectivity index (χ2n) is 2.09. The molecule has 0 aromatic carbocycles. The Balaban J connectivity index is 3.52. The lowest BCUT2D eigenvalue weighted by atomic mass is 10.4. The summed E-state index contributed by atoms with van der Waals surface area (Å²) in [6.07, 6.45) is 0. The van der Waals surface area contributed by atoms with Crippen molar-refractivity contribution in [3.63, 3.8) is 0 Å². The third-order valence-corrected chi connectivity index (χ3v) is 1.22. The van der Waals surface area contributed by atoms with Gasteiger partial charge in [-0.2, -0.15) is 0 Å². The zero-order chi connectivity index (χ0) is 10.9. The predicted molar refractivity (Wildman–Crippen MR) is 41.4 cm³/mol. The lowest BCUT2D eigenvalue weighted by Crippen LogP contribution is -2.04. The van der Waals surface area contributed by atoms with Crippen LogP contribution < -0.4 is 5.73 Å². The van der Waals surface area contributed by atoms with E-state index in [4.69, 9.17) is 10.8 Å². The van der Waals surface area contributed by atoms with Gasteiger partial charge in [0.05, 0.1) is 4.92 Å². The molecule has 10 heteroatoms. The number of nitrogens with zero attached hydrogens (tertiary/aromatic N) is 4. The number of nitrogen functional groups attached to an aromatic ring is 1. The van der Waals surface area contributed by atoms with Crippen LogP contribution in [0.15, 0.2) is 0 Å². The zero-order valence-corrected chi connectivity index (χ0v) is 6.45. The molecular weight excluding hydrogens is 198 g/mol. The highest BCUT2D eigenvalue weighted by molar-refractivity contribution is 5.55. The van der Waals surface area contributed by atoms with Crippen molar-refractivity contribution in [2.45, 2.75) is 0 Å². The molecular formula is C4H3N5O5. The van der Waals surface area contributed by atoms with E-state index in [1.165, 1.54) is 0 Å². The van der Waals surface area contributed by atoms with Crippen LogP contribution in [0.25, 0.3) is 0 Å². The number of anilines is 1. The van der Waals surface area contributed by atoms with Crippen LogP contribution in [0.3, 0.4) is 0 Å². The summed E-state index contributed by atoms with van der Waals surface area (Å²) in [5, 5.41) is 29.5. The molecule has 1 aromatic rings. The molecule has 0 bridgehead atoms. The van der Waals surface area contributed by atoms with Gasteiger partial charge in [-0.1, -0.05) is 0 Å². The highest BCUT2D eigenvalue weighted by Gasteiger charge is 2.33. The highest BCUT2D eigenvalue weighted by atomic mass is 16.6. The number of rotatable bonds is 2. The summed E-state index contributed by atoms with van der Waals surface area (Å²) in [7, 11) is 0. The molecule has 0 unspecified atom stereocenters. The smallest absolute Gasteiger partial charge is 0.452 e. The monoisotopic (exact) mass is 201 g/mol. The third-order valence-electron chi connectivity index (χ3n) is 1.22. The molecule has 0 amide bonds. The molecule has 0 aliphatic rings. The van der Waals surface area contributed by atoms with Gasteiger partial charge in [-0.05, 0) is 4.92 Å². The fraction of sp³-hybridized carbons (Fsp3) is 0. The molecule has 0 spiro atoms. The van der Waals surface area contributed by atoms with Gasteiger partial charge in [0, 0.05) is 4.98 Å². The summed E-state index contributed by atoms with van der Waals surface area (Å²) in [4.78, 5) is 24.3. The SMILES string of the molecule is Nc1nc(O)c([N+](=O)[O-])c([N+](=O)[O-])n1. The minimum absolute atomic E-state index is 0.611. The summed E-state index contributed by atoms with van der Waals surface area (Å²) < 4.78 is 0. The Bertz CT molecular complexity index is 417. The molecule has 74 valence electrons.